The molecular formula is C20H40O10. The lowest BCUT2D eigenvalue weighted by atomic mass is 9.97. The molecule has 0 spiro atoms. The van der Waals surface area contributed by atoms with Crippen LogP contribution in [-0.2, 0) is 47.4 Å². The molecule has 1 aliphatic heterocycles. The van der Waals surface area contributed by atoms with Crippen LogP contribution < -0.4 is 0 Å². The van der Waals surface area contributed by atoms with Crippen molar-refractivity contribution in [3.05, 3.63) is 0 Å². The monoisotopic (exact) mass is 440 g/mol. The number of hydrogen-bond donors (Lipinski definition) is 0. The Morgan fingerprint density at radius 1 is 0.700 bits per heavy atom. The summed E-state index contributed by atoms with van der Waals surface area (Å²) in [6, 6.07) is 0. The van der Waals surface area contributed by atoms with Crippen molar-refractivity contribution in [2.45, 2.75) is 62.0 Å². The van der Waals surface area contributed by atoms with Crippen molar-refractivity contribution >= 4 is 0 Å². The average molecular weight is 441 g/mol. The van der Waals surface area contributed by atoms with Crippen molar-refractivity contribution < 1.29 is 47.4 Å². The Kier molecular flexibility index (Phi) is 13.5. The molecule has 1 rings (SSSR count). The second-order valence-corrected chi connectivity index (χ2v) is 7.07. The molecule has 0 radical (unpaired) electrons. The molecule has 1 heterocycles. The van der Waals surface area contributed by atoms with Gasteiger partial charge in [0.1, 0.15) is 42.7 Å². The predicted molar refractivity (Wildman–Crippen MR) is 108 cm³/mol. The third kappa shape index (κ3) is 6.80. The van der Waals surface area contributed by atoms with Crippen molar-refractivity contribution in [2.24, 2.45) is 0 Å². The topological polar surface area (TPSA) is 92.3 Å². The fraction of sp³-hybridized carbons (Fsp3) is 1.00. The van der Waals surface area contributed by atoms with E-state index in [1.807, 2.05) is 6.92 Å². The van der Waals surface area contributed by atoms with Gasteiger partial charge in [-0.05, 0) is 6.92 Å². The summed E-state index contributed by atoms with van der Waals surface area (Å²) < 4.78 is 57.2. The molecule has 30 heavy (non-hydrogen) atoms. The summed E-state index contributed by atoms with van der Waals surface area (Å²) in [6.07, 6.45) is -4.39. The molecule has 9 atom stereocenters. The smallest absolute Gasteiger partial charge is 0.187 e. The van der Waals surface area contributed by atoms with Crippen LogP contribution in [0.15, 0.2) is 0 Å². The largest absolute Gasteiger partial charge is 0.382 e. The summed E-state index contributed by atoms with van der Waals surface area (Å²) in [5.41, 5.74) is 0. The van der Waals surface area contributed by atoms with Crippen molar-refractivity contribution in [1.82, 2.24) is 0 Å². The van der Waals surface area contributed by atoms with E-state index in [-0.39, 0.29) is 12.7 Å². The molecule has 10 nitrogen and oxygen atoms in total. The molecule has 1 saturated heterocycles. The Balaban J connectivity index is 3.24. The maximum absolute atomic E-state index is 6.43. The minimum Gasteiger partial charge on any atom is -0.382 e. The summed E-state index contributed by atoms with van der Waals surface area (Å²) in [7, 11) is 12.8. The van der Waals surface area contributed by atoms with Crippen molar-refractivity contribution in [1.29, 1.82) is 0 Å². The molecule has 1 fully saturated rings. The van der Waals surface area contributed by atoms with E-state index in [4.69, 9.17) is 47.4 Å². The lowest BCUT2D eigenvalue weighted by Crippen LogP contribution is -2.63. The Morgan fingerprint density at radius 3 is 1.77 bits per heavy atom. The van der Waals surface area contributed by atoms with Crippen molar-refractivity contribution in [2.75, 3.05) is 70.1 Å². The molecule has 0 aromatic heterocycles. The number of methoxy groups -OCH3 is 8. The summed E-state index contributed by atoms with van der Waals surface area (Å²) in [5, 5.41) is 0. The number of hydrogen-bond acceptors (Lipinski definition) is 10. The van der Waals surface area contributed by atoms with Gasteiger partial charge < -0.3 is 47.4 Å². The van der Waals surface area contributed by atoms with Crippen LogP contribution in [0.25, 0.3) is 0 Å². The van der Waals surface area contributed by atoms with Crippen LogP contribution in [0, 0.1) is 0 Å². The Morgan fingerprint density at radius 2 is 1.33 bits per heavy atom. The highest BCUT2D eigenvalue weighted by Crippen LogP contribution is 2.30. The van der Waals surface area contributed by atoms with Crippen LogP contribution in [0.5, 0.6) is 0 Å². The fourth-order valence-electron chi connectivity index (χ4n) is 3.81. The van der Waals surface area contributed by atoms with E-state index < -0.39 is 49.0 Å². The first-order valence-corrected chi connectivity index (χ1v) is 9.93. The first-order valence-electron chi connectivity index (χ1n) is 9.93. The quantitative estimate of drug-likeness (QED) is 0.358. The molecule has 10 heteroatoms. The summed E-state index contributed by atoms with van der Waals surface area (Å²) >= 11 is 0. The third-order valence-corrected chi connectivity index (χ3v) is 5.46. The van der Waals surface area contributed by atoms with E-state index in [1.165, 1.54) is 0 Å². The van der Waals surface area contributed by atoms with Gasteiger partial charge in [0.2, 0.25) is 0 Å². The van der Waals surface area contributed by atoms with E-state index in [0.29, 0.717) is 6.61 Å². The van der Waals surface area contributed by atoms with Crippen LogP contribution in [-0.4, -0.2) is 125 Å². The van der Waals surface area contributed by atoms with Crippen LogP contribution in [0.1, 0.15) is 6.92 Å². The third-order valence-electron chi connectivity index (χ3n) is 5.46. The highest BCUT2D eigenvalue weighted by Gasteiger charge is 2.50. The minimum atomic E-state index is -0.798. The average Bonchev–Trinajstić information content (AvgIpc) is 2.76. The maximum atomic E-state index is 6.43. The van der Waals surface area contributed by atoms with E-state index in [1.54, 1.807) is 56.9 Å². The number of rotatable bonds is 15. The Labute approximate surface area is 180 Å². The first-order chi connectivity index (χ1) is 14.5. The molecule has 180 valence electrons. The van der Waals surface area contributed by atoms with E-state index >= 15 is 0 Å². The van der Waals surface area contributed by atoms with Gasteiger partial charge in [0.05, 0.1) is 19.3 Å². The zero-order valence-corrected chi connectivity index (χ0v) is 19.7. The molecule has 0 saturated carbocycles. The van der Waals surface area contributed by atoms with Gasteiger partial charge in [-0.3, -0.25) is 0 Å². The molecule has 0 aromatic carbocycles. The van der Waals surface area contributed by atoms with Gasteiger partial charge in [-0.1, -0.05) is 0 Å². The van der Waals surface area contributed by atoms with E-state index in [0.717, 1.165) is 0 Å². The van der Waals surface area contributed by atoms with Gasteiger partial charge >= 0.3 is 0 Å². The summed E-state index contributed by atoms with van der Waals surface area (Å²) in [6.45, 7) is 2.48. The van der Waals surface area contributed by atoms with Crippen molar-refractivity contribution in [3.63, 3.8) is 0 Å². The molecule has 0 bridgehead atoms. The number of ether oxygens (including phenoxy) is 10. The van der Waals surface area contributed by atoms with Crippen LogP contribution in [0.4, 0.5) is 0 Å². The second kappa shape index (κ2) is 14.6. The second-order valence-electron chi connectivity index (χ2n) is 7.07. The maximum Gasteiger partial charge on any atom is 0.187 e. The van der Waals surface area contributed by atoms with Gasteiger partial charge in [0.25, 0.3) is 0 Å². The molecule has 1 aliphatic rings. The molecule has 0 aromatic rings. The SMILES string of the molecule is COCC(OC)C(OC1OC(COC)C(OC)C(OC)C1OC)C(OC)C(C)OC. The van der Waals surface area contributed by atoms with Gasteiger partial charge in [0.15, 0.2) is 6.29 Å². The lowest BCUT2D eigenvalue weighted by molar-refractivity contribution is -0.337. The summed E-state index contributed by atoms with van der Waals surface area (Å²) in [5.74, 6) is 0. The highest BCUT2D eigenvalue weighted by atomic mass is 16.7. The van der Waals surface area contributed by atoms with Crippen LogP contribution >= 0.6 is 0 Å². The molecule has 0 aliphatic carbocycles. The molecule has 0 N–H and O–H groups in total. The fourth-order valence-corrected chi connectivity index (χ4v) is 3.81. The first kappa shape index (κ1) is 27.6. The van der Waals surface area contributed by atoms with Crippen LogP contribution in [0.2, 0.25) is 0 Å². The van der Waals surface area contributed by atoms with E-state index in [9.17, 15) is 0 Å². The summed E-state index contributed by atoms with van der Waals surface area (Å²) in [4.78, 5) is 0. The highest BCUT2D eigenvalue weighted by molar-refractivity contribution is 4.94. The normalized spacial score (nSPS) is 31.3. The standard InChI is InChI=1S/C20H40O10/c1-12(23-4)15(25-6)17(13(24-5)10-21-2)30-20-19(28-9)18(27-8)16(26-7)14(29-20)11-22-3/h12-20H,10-11H2,1-9H3. The Hall–Kier alpha value is -0.400. The van der Waals surface area contributed by atoms with Gasteiger partial charge in [0, 0.05) is 56.9 Å². The van der Waals surface area contributed by atoms with Gasteiger partial charge in [-0.25, -0.2) is 0 Å². The van der Waals surface area contributed by atoms with E-state index in [2.05, 4.69) is 0 Å². The zero-order chi connectivity index (χ0) is 22.7. The van der Waals surface area contributed by atoms with Gasteiger partial charge in [-0.15, -0.1) is 0 Å². The molecule has 9 unspecified atom stereocenters. The minimum absolute atomic E-state index is 0.279. The zero-order valence-electron chi connectivity index (χ0n) is 19.7. The van der Waals surface area contributed by atoms with Crippen molar-refractivity contribution in [3.8, 4) is 0 Å². The molecule has 0 amide bonds. The van der Waals surface area contributed by atoms with Crippen LogP contribution in [0.3, 0.4) is 0 Å². The predicted octanol–water partition coefficient (Wildman–Crippen LogP) is 0.499. The Bertz CT molecular complexity index is 440. The lowest BCUT2D eigenvalue weighted by Gasteiger charge is -2.46. The molecular weight excluding hydrogens is 400 g/mol. The van der Waals surface area contributed by atoms with Gasteiger partial charge in [-0.2, -0.15) is 0 Å².